The van der Waals surface area contributed by atoms with Crippen LogP contribution in [-0.2, 0) is 19.0 Å². The molecule has 1 fully saturated rings. The number of nitrogens with zero attached hydrogens (tertiary/aromatic N) is 1. The van der Waals surface area contributed by atoms with Crippen LogP contribution in [0.2, 0.25) is 0 Å². The SMILES string of the molecule is CC.CCOCCOCCCOCCN1CCCCC1.CNC=O. The van der Waals surface area contributed by atoms with Gasteiger partial charge in [0, 0.05) is 33.4 Å². The first-order valence-electron chi connectivity index (χ1n) is 9.41. The summed E-state index contributed by atoms with van der Waals surface area (Å²) in [7, 11) is 1.56. The molecule has 1 N–H and O–H groups in total. The summed E-state index contributed by atoms with van der Waals surface area (Å²) in [4.78, 5) is 11.6. The zero-order valence-corrected chi connectivity index (χ0v) is 16.3. The number of piperidine rings is 1. The Morgan fingerprint density at radius 2 is 1.46 bits per heavy atom. The summed E-state index contributed by atoms with van der Waals surface area (Å²) in [5, 5.41) is 2.25. The zero-order chi connectivity index (χ0) is 18.3. The predicted octanol–water partition coefficient (Wildman–Crippen LogP) is 2.32. The minimum Gasteiger partial charge on any atom is -0.380 e. The van der Waals surface area contributed by atoms with Crippen molar-refractivity contribution in [2.45, 2.75) is 46.5 Å². The van der Waals surface area contributed by atoms with Gasteiger partial charge in [-0.25, -0.2) is 0 Å². The molecule has 1 aliphatic rings. The molecule has 0 spiro atoms. The third-order valence-corrected chi connectivity index (χ3v) is 3.27. The van der Waals surface area contributed by atoms with E-state index in [1.165, 1.54) is 32.4 Å². The third kappa shape index (κ3) is 21.3. The van der Waals surface area contributed by atoms with Crippen LogP contribution in [-0.4, -0.2) is 77.6 Å². The predicted molar refractivity (Wildman–Crippen MR) is 99.5 cm³/mol. The summed E-state index contributed by atoms with van der Waals surface area (Å²) in [5.74, 6) is 0. The lowest BCUT2D eigenvalue weighted by Gasteiger charge is -2.26. The number of carbonyl (C=O) groups is 1. The second-order valence-corrected chi connectivity index (χ2v) is 5.08. The molecule has 0 saturated carbocycles. The molecule has 0 bridgehead atoms. The van der Waals surface area contributed by atoms with Crippen LogP contribution in [0, 0.1) is 0 Å². The largest absolute Gasteiger partial charge is 0.380 e. The second-order valence-electron chi connectivity index (χ2n) is 5.08. The maximum atomic E-state index is 9.06. The summed E-state index contributed by atoms with van der Waals surface area (Å²) in [6.45, 7) is 14.2. The van der Waals surface area contributed by atoms with Crippen molar-refractivity contribution < 1.29 is 19.0 Å². The van der Waals surface area contributed by atoms with Crippen molar-refractivity contribution in [2.24, 2.45) is 0 Å². The van der Waals surface area contributed by atoms with E-state index >= 15 is 0 Å². The average molecular weight is 349 g/mol. The van der Waals surface area contributed by atoms with E-state index in [0.29, 0.717) is 19.6 Å². The molecular formula is C18H40N2O4. The Kier molecular flexibility index (Phi) is 26.1. The monoisotopic (exact) mass is 348 g/mol. The number of rotatable bonds is 12. The van der Waals surface area contributed by atoms with Crippen LogP contribution >= 0.6 is 0 Å². The van der Waals surface area contributed by atoms with Crippen LogP contribution in [0.4, 0.5) is 0 Å². The summed E-state index contributed by atoms with van der Waals surface area (Å²) < 4.78 is 16.2. The Hall–Kier alpha value is -0.690. The van der Waals surface area contributed by atoms with Gasteiger partial charge in [0.15, 0.2) is 0 Å². The summed E-state index contributed by atoms with van der Waals surface area (Å²) in [5.41, 5.74) is 0. The number of nitrogens with one attached hydrogen (secondary N) is 1. The van der Waals surface area contributed by atoms with Crippen molar-refractivity contribution in [2.75, 3.05) is 66.3 Å². The van der Waals surface area contributed by atoms with Crippen molar-refractivity contribution >= 4 is 6.41 Å². The minimum absolute atomic E-state index is 0.625. The van der Waals surface area contributed by atoms with Crippen LogP contribution in [0.25, 0.3) is 0 Å². The van der Waals surface area contributed by atoms with Crippen LogP contribution < -0.4 is 5.32 Å². The molecule has 0 atom stereocenters. The molecular weight excluding hydrogens is 308 g/mol. The fourth-order valence-corrected chi connectivity index (χ4v) is 2.11. The van der Waals surface area contributed by atoms with Gasteiger partial charge in [-0.3, -0.25) is 4.79 Å². The standard InChI is InChI=1S/C14H29NO3.C2H5NO.C2H6/c1-2-16-13-14-18-11-6-10-17-12-9-15-7-4-3-5-8-15;1-3-2-4;1-2/h2-14H2,1H3;2H,1H3,(H,3,4);1-2H3. The van der Waals surface area contributed by atoms with Crippen LogP contribution in [0.1, 0.15) is 46.5 Å². The van der Waals surface area contributed by atoms with Gasteiger partial charge in [0.1, 0.15) is 0 Å². The highest BCUT2D eigenvalue weighted by atomic mass is 16.5. The third-order valence-electron chi connectivity index (χ3n) is 3.27. The molecule has 1 aliphatic heterocycles. The number of carbonyl (C=O) groups excluding carboxylic acids is 1. The lowest BCUT2D eigenvalue weighted by atomic mass is 10.1. The fourth-order valence-electron chi connectivity index (χ4n) is 2.11. The maximum absolute atomic E-state index is 9.06. The first kappa shape index (κ1) is 25.5. The Bertz CT molecular complexity index is 225. The van der Waals surface area contributed by atoms with Crippen molar-refractivity contribution in [3.8, 4) is 0 Å². The zero-order valence-electron chi connectivity index (χ0n) is 16.3. The first-order valence-corrected chi connectivity index (χ1v) is 9.41. The lowest BCUT2D eigenvalue weighted by molar-refractivity contribution is -0.109. The average Bonchev–Trinajstić information content (AvgIpc) is 2.66. The maximum Gasteiger partial charge on any atom is 0.206 e. The van der Waals surface area contributed by atoms with Gasteiger partial charge < -0.3 is 24.4 Å². The van der Waals surface area contributed by atoms with Gasteiger partial charge in [-0.15, -0.1) is 0 Å². The van der Waals surface area contributed by atoms with Gasteiger partial charge in [0.25, 0.3) is 0 Å². The molecule has 6 nitrogen and oxygen atoms in total. The van der Waals surface area contributed by atoms with E-state index in [1.807, 2.05) is 20.8 Å². The molecule has 1 heterocycles. The van der Waals surface area contributed by atoms with E-state index in [-0.39, 0.29) is 0 Å². The van der Waals surface area contributed by atoms with Crippen LogP contribution in [0.15, 0.2) is 0 Å². The normalized spacial score (nSPS) is 14.0. The summed E-state index contributed by atoms with van der Waals surface area (Å²) >= 11 is 0. The Morgan fingerprint density at radius 3 is 2.00 bits per heavy atom. The molecule has 1 rings (SSSR count). The van der Waals surface area contributed by atoms with E-state index in [9.17, 15) is 0 Å². The highest BCUT2D eigenvalue weighted by Crippen LogP contribution is 2.07. The number of amides is 1. The highest BCUT2D eigenvalue weighted by molar-refractivity contribution is 5.44. The van der Waals surface area contributed by atoms with Gasteiger partial charge >= 0.3 is 0 Å². The Morgan fingerprint density at radius 1 is 0.917 bits per heavy atom. The number of hydrogen-bond donors (Lipinski definition) is 1. The second kappa shape index (κ2) is 24.6. The fraction of sp³-hybridized carbons (Fsp3) is 0.944. The van der Waals surface area contributed by atoms with E-state index in [2.05, 4.69) is 10.2 Å². The van der Waals surface area contributed by atoms with Crippen molar-refractivity contribution in [3.05, 3.63) is 0 Å². The van der Waals surface area contributed by atoms with Crippen LogP contribution in [0.5, 0.6) is 0 Å². The van der Waals surface area contributed by atoms with E-state index in [0.717, 1.165) is 39.4 Å². The molecule has 0 aromatic rings. The number of likely N-dealkylation sites (tertiary alicyclic amines) is 1. The van der Waals surface area contributed by atoms with E-state index in [4.69, 9.17) is 19.0 Å². The Labute approximate surface area is 149 Å². The van der Waals surface area contributed by atoms with E-state index in [1.54, 1.807) is 7.05 Å². The minimum atomic E-state index is 0.625. The molecule has 1 amide bonds. The molecule has 0 radical (unpaired) electrons. The molecule has 146 valence electrons. The van der Waals surface area contributed by atoms with Crippen molar-refractivity contribution in [1.82, 2.24) is 10.2 Å². The lowest BCUT2D eigenvalue weighted by Crippen LogP contribution is -2.32. The molecule has 1 saturated heterocycles. The van der Waals surface area contributed by atoms with Gasteiger partial charge in [0.2, 0.25) is 6.41 Å². The molecule has 0 aromatic carbocycles. The molecule has 24 heavy (non-hydrogen) atoms. The van der Waals surface area contributed by atoms with Gasteiger partial charge in [-0.05, 0) is 39.3 Å². The van der Waals surface area contributed by atoms with E-state index < -0.39 is 0 Å². The molecule has 0 aromatic heterocycles. The first-order chi connectivity index (χ1) is 11.8. The van der Waals surface area contributed by atoms with Gasteiger partial charge in [0.05, 0.1) is 19.8 Å². The molecule has 6 heteroatoms. The number of ether oxygens (including phenoxy) is 3. The smallest absolute Gasteiger partial charge is 0.206 e. The van der Waals surface area contributed by atoms with Gasteiger partial charge in [-0.1, -0.05) is 20.3 Å². The number of hydrogen-bond acceptors (Lipinski definition) is 5. The van der Waals surface area contributed by atoms with Crippen molar-refractivity contribution in [1.29, 1.82) is 0 Å². The highest BCUT2D eigenvalue weighted by Gasteiger charge is 2.08. The van der Waals surface area contributed by atoms with Crippen LogP contribution in [0.3, 0.4) is 0 Å². The molecule has 0 aliphatic carbocycles. The molecule has 0 unspecified atom stereocenters. The quantitative estimate of drug-likeness (QED) is 0.433. The topological polar surface area (TPSA) is 60.0 Å². The Balaban J connectivity index is 0. The van der Waals surface area contributed by atoms with Gasteiger partial charge in [-0.2, -0.15) is 0 Å². The summed E-state index contributed by atoms with van der Waals surface area (Å²) in [6.07, 6.45) is 5.71. The van der Waals surface area contributed by atoms with Crippen molar-refractivity contribution in [3.63, 3.8) is 0 Å². The summed E-state index contributed by atoms with van der Waals surface area (Å²) in [6, 6.07) is 0.